The van der Waals surface area contributed by atoms with Gasteiger partial charge in [0.25, 0.3) is 5.91 Å². The van der Waals surface area contributed by atoms with Gasteiger partial charge in [-0.25, -0.2) is 13.6 Å². The van der Waals surface area contributed by atoms with Crippen LogP contribution in [-0.2, 0) is 4.79 Å². The van der Waals surface area contributed by atoms with Crippen molar-refractivity contribution in [3.8, 4) is 5.75 Å². The summed E-state index contributed by atoms with van der Waals surface area (Å²) in [6.45, 7) is 1.56. The number of rotatable bonds is 3. The van der Waals surface area contributed by atoms with Gasteiger partial charge in [-0.05, 0) is 36.8 Å². The molecule has 0 bridgehead atoms. The minimum atomic E-state index is -1.08. The molecule has 2 aromatic rings. The average molecular weight is 359 g/mol. The molecule has 134 valence electrons. The topological polar surface area (TPSA) is 90.5 Å². The minimum Gasteiger partial charge on any atom is -0.508 e. The molecule has 3 rings (SSSR count). The number of nitrogens with one attached hydrogen (secondary N) is 3. The zero-order valence-electron chi connectivity index (χ0n) is 13.6. The van der Waals surface area contributed by atoms with E-state index in [9.17, 15) is 23.5 Å². The third-order valence-corrected chi connectivity index (χ3v) is 3.92. The fourth-order valence-corrected chi connectivity index (χ4v) is 2.68. The number of halogens is 2. The quantitative estimate of drug-likeness (QED) is 0.679. The lowest BCUT2D eigenvalue weighted by molar-refractivity contribution is -0.113. The van der Waals surface area contributed by atoms with Gasteiger partial charge in [0.15, 0.2) is 11.6 Å². The molecule has 0 unspecified atom stereocenters. The van der Waals surface area contributed by atoms with Crippen LogP contribution in [0.4, 0.5) is 19.3 Å². The Morgan fingerprint density at radius 3 is 2.46 bits per heavy atom. The van der Waals surface area contributed by atoms with Crippen molar-refractivity contribution < 1.29 is 23.5 Å². The Morgan fingerprint density at radius 2 is 1.81 bits per heavy atom. The van der Waals surface area contributed by atoms with Gasteiger partial charge in [-0.2, -0.15) is 0 Å². The lowest BCUT2D eigenvalue weighted by Crippen LogP contribution is -2.45. The van der Waals surface area contributed by atoms with E-state index in [0.29, 0.717) is 11.3 Å². The summed E-state index contributed by atoms with van der Waals surface area (Å²) in [6.07, 6.45) is 0. The molecular weight excluding hydrogens is 344 g/mol. The summed E-state index contributed by atoms with van der Waals surface area (Å²) in [4.78, 5) is 24.5. The molecule has 0 aromatic heterocycles. The van der Waals surface area contributed by atoms with E-state index in [2.05, 4.69) is 16.0 Å². The number of amides is 3. The van der Waals surface area contributed by atoms with Gasteiger partial charge in [-0.15, -0.1) is 0 Å². The monoisotopic (exact) mass is 359 g/mol. The van der Waals surface area contributed by atoms with E-state index < -0.39 is 29.6 Å². The van der Waals surface area contributed by atoms with Crippen LogP contribution in [0.2, 0.25) is 0 Å². The van der Waals surface area contributed by atoms with E-state index in [0.717, 1.165) is 12.1 Å². The number of urea groups is 1. The van der Waals surface area contributed by atoms with Gasteiger partial charge < -0.3 is 21.1 Å². The van der Waals surface area contributed by atoms with Crippen molar-refractivity contribution in [2.75, 3.05) is 5.32 Å². The molecular formula is C18H15F2N3O3. The van der Waals surface area contributed by atoms with Crippen molar-refractivity contribution in [2.45, 2.75) is 13.0 Å². The highest BCUT2D eigenvalue weighted by molar-refractivity contribution is 6.06. The second-order valence-electron chi connectivity index (χ2n) is 5.74. The van der Waals surface area contributed by atoms with Crippen molar-refractivity contribution in [1.29, 1.82) is 0 Å². The number of phenolic OH excluding ortho intramolecular Hbond substituents is 1. The summed E-state index contributed by atoms with van der Waals surface area (Å²) in [5.74, 6) is -2.65. The molecule has 0 fully saturated rings. The Kier molecular flexibility index (Phi) is 4.57. The molecule has 8 heteroatoms. The summed E-state index contributed by atoms with van der Waals surface area (Å²) in [7, 11) is 0. The van der Waals surface area contributed by atoms with E-state index in [-0.39, 0.29) is 17.0 Å². The first-order valence-corrected chi connectivity index (χ1v) is 7.69. The standard InChI is InChI=1S/C18H15F2N3O3/c1-9-15(17(25)22-11-4-7-13(19)14(20)8-11)16(23-18(26)21-9)10-2-5-12(24)6-3-10/h2-8,16,24H,1H3,(H,22,25)(H2,21,23,26)/t16-/m0/s1. The number of phenols is 1. The van der Waals surface area contributed by atoms with Crippen LogP contribution in [0.3, 0.4) is 0 Å². The minimum absolute atomic E-state index is 0.0440. The number of benzene rings is 2. The fourth-order valence-electron chi connectivity index (χ4n) is 2.68. The van der Waals surface area contributed by atoms with Crippen LogP contribution in [0.5, 0.6) is 5.75 Å². The Morgan fingerprint density at radius 1 is 1.12 bits per heavy atom. The van der Waals surface area contributed by atoms with E-state index >= 15 is 0 Å². The number of hydrogen-bond acceptors (Lipinski definition) is 3. The third kappa shape index (κ3) is 3.49. The SMILES string of the molecule is CC1=C(C(=O)Nc2ccc(F)c(F)c2)[C@H](c2ccc(O)cc2)NC(=O)N1. The van der Waals surface area contributed by atoms with Crippen LogP contribution in [0.1, 0.15) is 18.5 Å². The summed E-state index contributed by atoms with van der Waals surface area (Å²) >= 11 is 0. The second-order valence-corrected chi connectivity index (χ2v) is 5.74. The first-order valence-electron chi connectivity index (χ1n) is 7.69. The molecule has 1 aliphatic rings. The number of carbonyl (C=O) groups excluding carboxylic acids is 2. The highest BCUT2D eigenvalue weighted by atomic mass is 19.2. The predicted octanol–water partition coefficient (Wildman–Crippen LogP) is 2.94. The summed E-state index contributed by atoms with van der Waals surface area (Å²) in [5, 5.41) is 17.1. The molecule has 0 saturated heterocycles. The van der Waals surface area contributed by atoms with Gasteiger partial charge in [0, 0.05) is 17.5 Å². The van der Waals surface area contributed by atoms with Gasteiger partial charge in [0.2, 0.25) is 0 Å². The van der Waals surface area contributed by atoms with E-state index in [1.807, 2.05) is 0 Å². The average Bonchev–Trinajstić information content (AvgIpc) is 2.58. The molecule has 2 aromatic carbocycles. The molecule has 1 heterocycles. The zero-order valence-corrected chi connectivity index (χ0v) is 13.6. The van der Waals surface area contributed by atoms with Crippen molar-refractivity contribution in [1.82, 2.24) is 10.6 Å². The van der Waals surface area contributed by atoms with E-state index in [1.54, 1.807) is 19.1 Å². The molecule has 26 heavy (non-hydrogen) atoms. The van der Waals surface area contributed by atoms with Gasteiger partial charge in [-0.3, -0.25) is 4.79 Å². The van der Waals surface area contributed by atoms with Crippen molar-refractivity contribution in [3.63, 3.8) is 0 Å². The van der Waals surface area contributed by atoms with E-state index in [4.69, 9.17) is 0 Å². The summed E-state index contributed by atoms with van der Waals surface area (Å²) < 4.78 is 26.4. The third-order valence-electron chi connectivity index (χ3n) is 3.92. The normalized spacial score (nSPS) is 16.7. The molecule has 0 spiro atoms. The van der Waals surface area contributed by atoms with Crippen LogP contribution in [0, 0.1) is 11.6 Å². The highest BCUT2D eigenvalue weighted by Gasteiger charge is 2.31. The molecule has 3 amide bonds. The first-order chi connectivity index (χ1) is 12.3. The predicted molar refractivity (Wildman–Crippen MR) is 90.2 cm³/mol. The maximum Gasteiger partial charge on any atom is 0.319 e. The molecule has 0 radical (unpaired) electrons. The van der Waals surface area contributed by atoms with Crippen LogP contribution in [0.15, 0.2) is 53.7 Å². The summed E-state index contributed by atoms with van der Waals surface area (Å²) in [5.41, 5.74) is 1.19. The Bertz CT molecular complexity index is 910. The number of allylic oxidation sites excluding steroid dienone is 1. The van der Waals surface area contributed by atoms with E-state index in [1.165, 1.54) is 18.2 Å². The number of hydrogen-bond donors (Lipinski definition) is 4. The lowest BCUT2D eigenvalue weighted by Gasteiger charge is -2.28. The van der Waals surface area contributed by atoms with Crippen LogP contribution in [-0.4, -0.2) is 17.0 Å². The highest BCUT2D eigenvalue weighted by Crippen LogP contribution is 2.29. The fraction of sp³-hybridized carbons (Fsp3) is 0.111. The number of anilines is 1. The number of carbonyl (C=O) groups is 2. The Hall–Kier alpha value is -3.42. The van der Waals surface area contributed by atoms with Crippen LogP contribution < -0.4 is 16.0 Å². The van der Waals surface area contributed by atoms with Crippen molar-refractivity contribution >= 4 is 17.6 Å². The molecule has 0 aliphatic carbocycles. The Labute approximate surface area is 147 Å². The van der Waals surface area contributed by atoms with Crippen molar-refractivity contribution in [3.05, 3.63) is 70.9 Å². The summed E-state index contributed by atoms with van der Waals surface area (Å²) in [6, 6.07) is 7.77. The zero-order chi connectivity index (χ0) is 18.8. The molecule has 4 N–H and O–H groups in total. The Balaban J connectivity index is 1.93. The maximum absolute atomic E-state index is 13.3. The molecule has 0 saturated carbocycles. The van der Waals surface area contributed by atoms with Gasteiger partial charge in [-0.1, -0.05) is 12.1 Å². The second kappa shape index (κ2) is 6.83. The van der Waals surface area contributed by atoms with Crippen LogP contribution in [0.25, 0.3) is 0 Å². The molecule has 6 nitrogen and oxygen atoms in total. The molecule has 1 aliphatic heterocycles. The van der Waals surface area contributed by atoms with Crippen LogP contribution >= 0.6 is 0 Å². The number of aromatic hydroxyl groups is 1. The van der Waals surface area contributed by atoms with Gasteiger partial charge >= 0.3 is 6.03 Å². The first kappa shape index (κ1) is 17.4. The van der Waals surface area contributed by atoms with Gasteiger partial charge in [0.1, 0.15) is 5.75 Å². The maximum atomic E-state index is 13.3. The molecule has 1 atom stereocenters. The largest absolute Gasteiger partial charge is 0.508 e. The lowest BCUT2D eigenvalue weighted by atomic mass is 9.94. The smallest absolute Gasteiger partial charge is 0.319 e. The van der Waals surface area contributed by atoms with Crippen molar-refractivity contribution in [2.24, 2.45) is 0 Å². The van der Waals surface area contributed by atoms with Gasteiger partial charge in [0.05, 0.1) is 11.6 Å².